The molecule has 0 N–H and O–H groups in total. The number of nitro groups is 1. The van der Waals surface area contributed by atoms with Gasteiger partial charge in [-0.05, 0) is 5.56 Å². The van der Waals surface area contributed by atoms with Crippen LogP contribution >= 0.6 is 7.60 Å². The molecule has 82 valence electrons. The summed E-state index contributed by atoms with van der Waals surface area (Å²) in [4.78, 5) is 20.8. The van der Waals surface area contributed by atoms with E-state index in [2.05, 4.69) is 4.52 Å². The molecule has 0 saturated carbocycles. The Kier molecular flexibility index (Phi) is 6.40. The van der Waals surface area contributed by atoms with E-state index in [4.69, 9.17) is 0 Å². The van der Waals surface area contributed by atoms with Gasteiger partial charge in [0.05, 0.1) is 4.92 Å². The molecule has 1 aromatic carbocycles. The van der Waals surface area contributed by atoms with Crippen molar-refractivity contribution in [3.05, 3.63) is 39.9 Å². The first-order chi connectivity index (χ1) is 6.94. The molecule has 16 heavy (non-hydrogen) atoms. The van der Waals surface area contributed by atoms with E-state index in [-0.39, 0.29) is 41.4 Å². The fraction of sp³-hybridized carbons (Fsp3) is 0.250. The van der Waals surface area contributed by atoms with Gasteiger partial charge >= 0.3 is 29.6 Å². The molecule has 0 aliphatic heterocycles. The smallest absolute Gasteiger partial charge is 0.778 e. The minimum absolute atomic E-state index is 0. The van der Waals surface area contributed by atoms with E-state index in [0.29, 0.717) is 5.56 Å². The van der Waals surface area contributed by atoms with Crippen LogP contribution in [0.5, 0.6) is 0 Å². The number of nitro benzene ring substituents is 1. The Morgan fingerprint density at radius 3 is 2.25 bits per heavy atom. The number of hydrogen-bond acceptors (Lipinski definition) is 5. The molecule has 1 atom stereocenters. The summed E-state index contributed by atoms with van der Waals surface area (Å²) in [7, 11) is -2.77. The minimum atomic E-state index is -3.85. The number of hydrogen-bond donors (Lipinski definition) is 0. The van der Waals surface area contributed by atoms with Crippen molar-refractivity contribution in [3.63, 3.8) is 0 Å². The van der Waals surface area contributed by atoms with E-state index in [1.54, 1.807) is 0 Å². The molecular formula is C8H9NNaO5P. The van der Waals surface area contributed by atoms with Crippen LogP contribution < -0.4 is 34.5 Å². The summed E-state index contributed by atoms with van der Waals surface area (Å²) in [5, 5.41) is 10.3. The van der Waals surface area contributed by atoms with Gasteiger partial charge in [-0.2, -0.15) is 0 Å². The Labute approximate surface area is 115 Å². The largest absolute Gasteiger partial charge is 1.00 e. The molecule has 0 aliphatic carbocycles. The summed E-state index contributed by atoms with van der Waals surface area (Å²) >= 11 is 0. The van der Waals surface area contributed by atoms with Crippen molar-refractivity contribution >= 4 is 13.3 Å². The molecule has 0 aliphatic rings. The molecule has 8 heteroatoms. The van der Waals surface area contributed by atoms with Crippen molar-refractivity contribution in [3.8, 4) is 0 Å². The summed E-state index contributed by atoms with van der Waals surface area (Å²) in [5.74, 6) is 0. The van der Waals surface area contributed by atoms with Gasteiger partial charge in [0, 0.05) is 25.4 Å². The van der Waals surface area contributed by atoms with Crippen LogP contribution in [0.25, 0.3) is 0 Å². The number of rotatable bonds is 4. The molecule has 0 fully saturated rings. The third-order valence-corrected chi connectivity index (χ3v) is 3.11. The van der Waals surface area contributed by atoms with E-state index in [1.165, 1.54) is 24.3 Å². The van der Waals surface area contributed by atoms with Crippen LogP contribution in [0.2, 0.25) is 0 Å². The summed E-state index contributed by atoms with van der Waals surface area (Å²) in [6, 6.07) is 5.29. The van der Waals surface area contributed by atoms with E-state index >= 15 is 0 Å². The van der Waals surface area contributed by atoms with Crippen LogP contribution in [0.3, 0.4) is 0 Å². The predicted octanol–water partition coefficient (Wildman–Crippen LogP) is -1.70. The van der Waals surface area contributed by atoms with Crippen LogP contribution in [0.4, 0.5) is 5.69 Å². The zero-order chi connectivity index (χ0) is 11.5. The van der Waals surface area contributed by atoms with E-state index in [1.807, 2.05) is 0 Å². The average molecular weight is 253 g/mol. The Bertz CT molecular complexity index is 407. The van der Waals surface area contributed by atoms with Gasteiger partial charge in [-0.25, -0.2) is 0 Å². The van der Waals surface area contributed by atoms with Crippen LogP contribution in [0.15, 0.2) is 24.3 Å². The van der Waals surface area contributed by atoms with Gasteiger partial charge in [-0.15, -0.1) is 0 Å². The first kappa shape index (κ1) is 15.8. The molecule has 0 amide bonds. The van der Waals surface area contributed by atoms with Crippen molar-refractivity contribution in [2.45, 2.75) is 6.16 Å². The standard InChI is InChI=1S/C8H10NO5P.Na/c1-14-15(12,13)6-7-2-4-8(5-3-7)9(10)11;/h2-5H,6H2,1H3,(H,12,13);/q;+1/p-1. The fourth-order valence-electron chi connectivity index (χ4n) is 1.01. The van der Waals surface area contributed by atoms with Crippen molar-refractivity contribution in [1.82, 2.24) is 0 Å². The van der Waals surface area contributed by atoms with E-state index in [9.17, 15) is 19.6 Å². The molecule has 0 radical (unpaired) electrons. The molecular weight excluding hydrogens is 244 g/mol. The second-order valence-corrected chi connectivity index (χ2v) is 4.78. The van der Waals surface area contributed by atoms with Gasteiger partial charge in [0.1, 0.15) is 7.60 Å². The molecule has 0 spiro atoms. The Morgan fingerprint density at radius 2 is 1.88 bits per heavy atom. The number of nitrogens with zero attached hydrogens (tertiary/aromatic N) is 1. The quantitative estimate of drug-likeness (QED) is 0.276. The summed E-state index contributed by atoms with van der Waals surface area (Å²) in [6.45, 7) is 0. The Balaban J connectivity index is 0.00000225. The molecule has 0 heterocycles. The first-order valence-corrected chi connectivity index (χ1v) is 5.76. The van der Waals surface area contributed by atoms with Crippen LogP contribution in [-0.4, -0.2) is 12.0 Å². The normalized spacial score (nSPS) is 13.6. The average Bonchev–Trinajstić information content (AvgIpc) is 2.18. The van der Waals surface area contributed by atoms with Crippen molar-refractivity contribution < 1.29 is 48.5 Å². The third-order valence-electron chi connectivity index (χ3n) is 1.80. The molecule has 1 rings (SSSR count). The Morgan fingerprint density at radius 1 is 1.38 bits per heavy atom. The number of benzene rings is 1. The Hall–Kier alpha value is -0.230. The maximum atomic E-state index is 11.1. The fourth-order valence-corrected chi connectivity index (χ4v) is 1.80. The first-order valence-electron chi connectivity index (χ1n) is 4.04. The van der Waals surface area contributed by atoms with Crippen molar-refractivity contribution in [1.29, 1.82) is 0 Å². The van der Waals surface area contributed by atoms with Gasteiger partial charge in [-0.1, -0.05) is 12.1 Å². The van der Waals surface area contributed by atoms with Gasteiger partial charge < -0.3 is 14.0 Å². The summed E-state index contributed by atoms with van der Waals surface area (Å²) in [6.07, 6.45) is -0.262. The van der Waals surface area contributed by atoms with Gasteiger partial charge in [0.15, 0.2) is 0 Å². The monoisotopic (exact) mass is 253 g/mol. The molecule has 0 bridgehead atoms. The van der Waals surface area contributed by atoms with E-state index in [0.717, 1.165) is 7.11 Å². The summed E-state index contributed by atoms with van der Waals surface area (Å²) in [5.41, 5.74) is 0.387. The molecule has 6 nitrogen and oxygen atoms in total. The molecule has 1 unspecified atom stereocenters. The van der Waals surface area contributed by atoms with Gasteiger partial charge in [0.2, 0.25) is 0 Å². The zero-order valence-electron chi connectivity index (χ0n) is 8.95. The SMILES string of the molecule is COP(=O)([O-])Cc1ccc([N+](=O)[O-])cc1.[Na+]. The topological polar surface area (TPSA) is 92.5 Å². The zero-order valence-corrected chi connectivity index (χ0v) is 11.8. The van der Waals surface area contributed by atoms with Crippen molar-refractivity contribution in [2.75, 3.05) is 7.11 Å². The number of non-ortho nitro benzene ring substituents is 1. The second-order valence-electron chi connectivity index (χ2n) is 2.88. The maximum Gasteiger partial charge on any atom is 1.00 e. The van der Waals surface area contributed by atoms with Crippen molar-refractivity contribution in [2.24, 2.45) is 0 Å². The third kappa shape index (κ3) is 4.74. The van der Waals surface area contributed by atoms with Gasteiger partial charge in [0.25, 0.3) is 5.69 Å². The van der Waals surface area contributed by atoms with Crippen LogP contribution in [-0.2, 0) is 15.3 Å². The summed E-state index contributed by atoms with van der Waals surface area (Å²) < 4.78 is 15.3. The predicted molar refractivity (Wildman–Crippen MR) is 51.4 cm³/mol. The van der Waals surface area contributed by atoms with Gasteiger partial charge in [-0.3, -0.25) is 10.1 Å². The molecule has 1 aromatic rings. The van der Waals surface area contributed by atoms with E-state index < -0.39 is 12.5 Å². The van der Waals surface area contributed by atoms with Crippen LogP contribution in [0, 0.1) is 10.1 Å². The minimum Gasteiger partial charge on any atom is -0.778 e. The second kappa shape index (κ2) is 6.49. The van der Waals surface area contributed by atoms with Crippen LogP contribution in [0.1, 0.15) is 5.56 Å². The molecule has 0 aromatic heterocycles. The maximum absolute atomic E-state index is 11.1. The molecule has 0 saturated heterocycles.